The average Bonchev–Trinajstić information content (AvgIpc) is 2.80. The number of benzene rings is 1. The molecule has 19 heavy (non-hydrogen) atoms. The van der Waals surface area contributed by atoms with E-state index in [0.29, 0.717) is 0 Å². The Morgan fingerprint density at radius 1 is 1.42 bits per heavy atom. The summed E-state index contributed by atoms with van der Waals surface area (Å²) < 4.78 is 16.1. The third-order valence-electron chi connectivity index (χ3n) is 2.90. The molecule has 1 atom stereocenters. The lowest BCUT2D eigenvalue weighted by Crippen LogP contribution is -2.24. The van der Waals surface area contributed by atoms with E-state index in [1.54, 1.807) is 16.8 Å². The van der Waals surface area contributed by atoms with Crippen LogP contribution in [0.4, 0.5) is 4.39 Å². The molecular weight excluding hydrogens is 309 g/mol. The molecule has 0 fully saturated rings. The zero-order valence-electron chi connectivity index (χ0n) is 11.0. The topological polar surface area (TPSA) is 29.9 Å². The number of hydrogen-bond donors (Lipinski definition) is 1. The van der Waals surface area contributed by atoms with Crippen molar-refractivity contribution in [2.75, 3.05) is 6.54 Å². The Balaban J connectivity index is 2.39. The Hall–Kier alpha value is -1.20. The number of nitrogens with zero attached hydrogens (tertiary/aromatic N) is 2. The van der Waals surface area contributed by atoms with Gasteiger partial charge in [-0.2, -0.15) is 5.10 Å². The standard InChI is InChI=1S/C14H17BrFN3/c1-3-7-17-14(13-6-8-19(2)18-13)11-9-10(16)4-5-12(11)15/h4-6,8-9,14,17H,3,7H2,1-2H3. The molecule has 1 aromatic carbocycles. The second kappa shape index (κ2) is 6.30. The summed E-state index contributed by atoms with van der Waals surface area (Å²) in [5.74, 6) is -0.238. The Bertz CT molecular complexity index is 553. The first kappa shape index (κ1) is 14.2. The first-order valence-electron chi connectivity index (χ1n) is 6.29. The maximum atomic E-state index is 13.5. The molecule has 0 bridgehead atoms. The molecule has 5 heteroatoms. The summed E-state index contributed by atoms with van der Waals surface area (Å²) in [6.07, 6.45) is 2.90. The van der Waals surface area contributed by atoms with Gasteiger partial charge in [-0.3, -0.25) is 4.68 Å². The molecule has 0 aliphatic heterocycles. The van der Waals surface area contributed by atoms with Gasteiger partial charge in [0, 0.05) is 17.7 Å². The van der Waals surface area contributed by atoms with Crippen molar-refractivity contribution in [2.24, 2.45) is 7.05 Å². The molecule has 1 aromatic heterocycles. The zero-order chi connectivity index (χ0) is 13.8. The third-order valence-corrected chi connectivity index (χ3v) is 3.62. The van der Waals surface area contributed by atoms with Crippen LogP contribution in [0, 0.1) is 5.82 Å². The van der Waals surface area contributed by atoms with E-state index in [0.717, 1.165) is 28.7 Å². The van der Waals surface area contributed by atoms with Crippen molar-refractivity contribution >= 4 is 15.9 Å². The summed E-state index contributed by atoms with van der Waals surface area (Å²) in [5.41, 5.74) is 1.76. The number of halogens is 2. The fraction of sp³-hybridized carbons (Fsp3) is 0.357. The summed E-state index contributed by atoms with van der Waals surface area (Å²) in [6.45, 7) is 2.95. The van der Waals surface area contributed by atoms with Crippen molar-refractivity contribution in [3.05, 3.63) is 52.0 Å². The van der Waals surface area contributed by atoms with Gasteiger partial charge in [-0.05, 0) is 42.8 Å². The highest BCUT2D eigenvalue weighted by atomic mass is 79.9. The van der Waals surface area contributed by atoms with E-state index in [1.807, 2.05) is 19.3 Å². The van der Waals surface area contributed by atoms with E-state index >= 15 is 0 Å². The Morgan fingerprint density at radius 2 is 2.21 bits per heavy atom. The SMILES string of the molecule is CCCNC(c1ccn(C)n1)c1cc(F)ccc1Br. The van der Waals surface area contributed by atoms with Crippen molar-refractivity contribution in [3.8, 4) is 0 Å². The molecule has 0 radical (unpaired) electrons. The van der Waals surface area contributed by atoms with E-state index in [2.05, 4.69) is 33.3 Å². The van der Waals surface area contributed by atoms with Gasteiger partial charge in [-0.15, -0.1) is 0 Å². The molecule has 0 aliphatic rings. The highest BCUT2D eigenvalue weighted by Crippen LogP contribution is 2.28. The number of rotatable bonds is 5. The fourth-order valence-electron chi connectivity index (χ4n) is 1.99. The molecule has 0 amide bonds. The lowest BCUT2D eigenvalue weighted by molar-refractivity contribution is 0.565. The first-order valence-corrected chi connectivity index (χ1v) is 7.09. The Labute approximate surface area is 121 Å². The van der Waals surface area contributed by atoms with Crippen LogP contribution in [0.1, 0.15) is 30.6 Å². The van der Waals surface area contributed by atoms with Gasteiger partial charge in [0.2, 0.25) is 0 Å². The van der Waals surface area contributed by atoms with Crippen LogP contribution in [-0.4, -0.2) is 16.3 Å². The molecule has 102 valence electrons. The van der Waals surface area contributed by atoms with Crippen LogP contribution in [0.25, 0.3) is 0 Å². The minimum absolute atomic E-state index is 0.105. The maximum Gasteiger partial charge on any atom is 0.123 e. The largest absolute Gasteiger partial charge is 0.305 e. The van der Waals surface area contributed by atoms with Gasteiger partial charge < -0.3 is 5.32 Å². The van der Waals surface area contributed by atoms with Gasteiger partial charge in [0.05, 0.1) is 11.7 Å². The van der Waals surface area contributed by atoms with Crippen LogP contribution in [0.3, 0.4) is 0 Å². The van der Waals surface area contributed by atoms with Crippen molar-refractivity contribution < 1.29 is 4.39 Å². The second-order valence-corrected chi connectivity index (χ2v) is 5.32. The second-order valence-electron chi connectivity index (χ2n) is 4.47. The minimum atomic E-state index is -0.238. The molecular formula is C14H17BrFN3. The van der Waals surface area contributed by atoms with Crippen LogP contribution in [0.2, 0.25) is 0 Å². The number of aromatic nitrogens is 2. The Morgan fingerprint density at radius 3 is 2.84 bits per heavy atom. The monoisotopic (exact) mass is 325 g/mol. The fourth-order valence-corrected chi connectivity index (χ4v) is 2.46. The van der Waals surface area contributed by atoms with Gasteiger partial charge in [0.15, 0.2) is 0 Å². The molecule has 1 heterocycles. The molecule has 1 unspecified atom stereocenters. The van der Waals surface area contributed by atoms with Crippen molar-refractivity contribution in [1.82, 2.24) is 15.1 Å². The lowest BCUT2D eigenvalue weighted by atomic mass is 10.0. The summed E-state index contributed by atoms with van der Waals surface area (Å²) in [4.78, 5) is 0. The van der Waals surface area contributed by atoms with E-state index in [1.165, 1.54) is 6.07 Å². The third kappa shape index (κ3) is 3.42. The molecule has 2 aromatic rings. The molecule has 3 nitrogen and oxygen atoms in total. The van der Waals surface area contributed by atoms with Crippen molar-refractivity contribution in [1.29, 1.82) is 0 Å². The van der Waals surface area contributed by atoms with Gasteiger partial charge in [-0.1, -0.05) is 22.9 Å². The number of aryl methyl sites for hydroxylation is 1. The number of nitrogens with one attached hydrogen (secondary N) is 1. The smallest absolute Gasteiger partial charge is 0.123 e. The molecule has 0 saturated carbocycles. The first-order chi connectivity index (χ1) is 9.11. The number of hydrogen-bond acceptors (Lipinski definition) is 2. The van der Waals surface area contributed by atoms with Gasteiger partial charge in [-0.25, -0.2) is 4.39 Å². The van der Waals surface area contributed by atoms with Crippen LogP contribution in [-0.2, 0) is 7.05 Å². The minimum Gasteiger partial charge on any atom is -0.305 e. The predicted molar refractivity (Wildman–Crippen MR) is 77.4 cm³/mol. The summed E-state index contributed by atoms with van der Waals surface area (Å²) in [5, 5.41) is 7.83. The van der Waals surface area contributed by atoms with Crippen LogP contribution in [0.5, 0.6) is 0 Å². The lowest BCUT2D eigenvalue weighted by Gasteiger charge is -2.18. The summed E-state index contributed by atoms with van der Waals surface area (Å²) >= 11 is 3.49. The Kier molecular flexibility index (Phi) is 4.71. The quantitative estimate of drug-likeness (QED) is 0.912. The molecule has 0 saturated heterocycles. The van der Waals surface area contributed by atoms with Gasteiger partial charge in [0.1, 0.15) is 5.82 Å². The van der Waals surface area contributed by atoms with Crippen molar-refractivity contribution in [3.63, 3.8) is 0 Å². The van der Waals surface area contributed by atoms with Crippen LogP contribution in [0.15, 0.2) is 34.9 Å². The average molecular weight is 326 g/mol. The summed E-state index contributed by atoms with van der Waals surface area (Å²) in [7, 11) is 1.88. The van der Waals surface area contributed by atoms with Crippen molar-refractivity contribution in [2.45, 2.75) is 19.4 Å². The maximum absolute atomic E-state index is 13.5. The van der Waals surface area contributed by atoms with E-state index in [-0.39, 0.29) is 11.9 Å². The van der Waals surface area contributed by atoms with Gasteiger partial charge in [0.25, 0.3) is 0 Å². The molecule has 0 spiro atoms. The van der Waals surface area contributed by atoms with Crippen LogP contribution < -0.4 is 5.32 Å². The van der Waals surface area contributed by atoms with E-state index in [4.69, 9.17) is 0 Å². The molecule has 2 rings (SSSR count). The predicted octanol–water partition coefficient (Wildman–Crippen LogP) is 3.41. The van der Waals surface area contributed by atoms with Gasteiger partial charge >= 0.3 is 0 Å². The molecule has 0 aliphatic carbocycles. The zero-order valence-corrected chi connectivity index (χ0v) is 12.6. The normalized spacial score (nSPS) is 12.6. The summed E-state index contributed by atoms with van der Waals surface area (Å²) in [6, 6.07) is 6.57. The molecule has 1 N–H and O–H groups in total. The highest BCUT2D eigenvalue weighted by Gasteiger charge is 2.19. The van der Waals surface area contributed by atoms with Crippen LogP contribution >= 0.6 is 15.9 Å². The van der Waals surface area contributed by atoms with E-state index in [9.17, 15) is 4.39 Å². The van der Waals surface area contributed by atoms with E-state index < -0.39 is 0 Å². The highest BCUT2D eigenvalue weighted by molar-refractivity contribution is 9.10.